The molecule has 0 bridgehead atoms. The van der Waals surface area contributed by atoms with E-state index in [4.69, 9.17) is 0 Å². The summed E-state index contributed by atoms with van der Waals surface area (Å²) in [7, 11) is 1.92. The van der Waals surface area contributed by atoms with E-state index in [1.807, 2.05) is 24.7 Å². The monoisotopic (exact) mass is 369 g/mol. The number of halogens is 1. The van der Waals surface area contributed by atoms with Crippen LogP contribution in [0.5, 0.6) is 0 Å². The van der Waals surface area contributed by atoms with Crippen molar-refractivity contribution >= 4 is 16.9 Å². The van der Waals surface area contributed by atoms with Crippen molar-refractivity contribution in [1.82, 2.24) is 30.4 Å². The largest absolute Gasteiger partial charge is 0.361 e. The number of nitrogens with one attached hydrogen (secondary N) is 3. The Morgan fingerprint density at radius 1 is 1.37 bits per heavy atom. The van der Waals surface area contributed by atoms with Gasteiger partial charge in [0, 0.05) is 37.2 Å². The van der Waals surface area contributed by atoms with Crippen LogP contribution in [0.1, 0.15) is 17.2 Å². The molecule has 0 spiro atoms. The number of aromatic nitrogens is 4. The first-order valence-corrected chi connectivity index (χ1v) is 8.82. The first-order valence-electron chi connectivity index (χ1n) is 8.82. The average Bonchev–Trinajstić information content (AvgIpc) is 3.20. The number of guanidine groups is 1. The zero-order valence-corrected chi connectivity index (χ0v) is 15.6. The smallest absolute Gasteiger partial charge is 0.191 e. The minimum absolute atomic E-state index is 0.231. The predicted octanol–water partition coefficient (Wildman–Crippen LogP) is 2.21. The first kappa shape index (κ1) is 18.6. The van der Waals surface area contributed by atoms with Gasteiger partial charge in [-0.1, -0.05) is 6.08 Å². The minimum atomic E-state index is -0.231. The molecule has 0 unspecified atom stereocenters. The lowest BCUT2D eigenvalue weighted by Crippen LogP contribution is -2.38. The van der Waals surface area contributed by atoms with Crippen molar-refractivity contribution in [2.24, 2.45) is 12.0 Å². The van der Waals surface area contributed by atoms with Crippen LogP contribution in [-0.4, -0.2) is 38.8 Å². The van der Waals surface area contributed by atoms with Crippen molar-refractivity contribution in [1.29, 1.82) is 0 Å². The number of hydrogen-bond donors (Lipinski definition) is 3. The molecular weight excluding hydrogens is 345 g/mol. The minimum Gasteiger partial charge on any atom is -0.361 e. The fourth-order valence-corrected chi connectivity index (χ4v) is 2.75. The van der Waals surface area contributed by atoms with E-state index in [1.54, 1.807) is 18.2 Å². The summed E-state index contributed by atoms with van der Waals surface area (Å²) in [6.45, 7) is 7.30. The van der Waals surface area contributed by atoms with Crippen molar-refractivity contribution in [3.8, 4) is 0 Å². The highest BCUT2D eigenvalue weighted by atomic mass is 19.1. The third-order valence-corrected chi connectivity index (χ3v) is 4.39. The number of aromatic amines is 1. The molecule has 0 aliphatic carbocycles. The summed E-state index contributed by atoms with van der Waals surface area (Å²) in [5.41, 5.74) is 1.99. The summed E-state index contributed by atoms with van der Waals surface area (Å²) >= 11 is 0. The quantitative estimate of drug-likeness (QED) is 0.339. The summed E-state index contributed by atoms with van der Waals surface area (Å²) in [6.07, 6.45) is 4.43. The number of H-pyrrole nitrogens is 1. The zero-order chi connectivity index (χ0) is 19.2. The number of rotatable bonds is 7. The highest BCUT2D eigenvalue weighted by molar-refractivity contribution is 5.83. The van der Waals surface area contributed by atoms with E-state index >= 15 is 0 Å². The van der Waals surface area contributed by atoms with E-state index < -0.39 is 0 Å². The maximum Gasteiger partial charge on any atom is 0.191 e. The molecule has 0 radical (unpaired) electrons. The molecule has 2 heterocycles. The van der Waals surface area contributed by atoms with Gasteiger partial charge in [-0.15, -0.1) is 16.8 Å². The lowest BCUT2D eigenvalue weighted by atomic mass is 10.1. The van der Waals surface area contributed by atoms with Crippen LogP contribution < -0.4 is 10.6 Å². The average molecular weight is 369 g/mol. The Hall–Kier alpha value is -3.16. The van der Waals surface area contributed by atoms with Gasteiger partial charge in [0.2, 0.25) is 0 Å². The molecule has 27 heavy (non-hydrogen) atoms. The van der Waals surface area contributed by atoms with E-state index in [0.29, 0.717) is 25.6 Å². The standard InChI is InChI=1S/C19H24FN7/c1-4-8-21-19(24-12-18-26-25-13(2)27(18)3)22-9-7-14-11-23-17-6-5-15(20)10-16(14)17/h4-6,10-11,23H,1,7-9,12H2,2-3H3,(H2,21,22,24). The summed E-state index contributed by atoms with van der Waals surface area (Å²) in [5, 5.41) is 15.6. The number of fused-ring (bicyclic) bond motifs is 1. The van der Waals surface area contributed by atoms with Gasteiger partial charge in [-0.25, -0.2) is 9.38 Å². The first-order chi connectivity index (χ1) is 13.1. The van der Waals surface area contributed by atoms with Crippen molar-refractivity contribution in [2.45, 2.75) is 19.9 Å². The molecule has 1 aromatic carbocycles. The van der Waals surface area contributed by atoms with Crippen molar-refractivity contribution in [2.75, 3.05) is 13.1 Å². The maximum atomic E-state index is 13.5. The summed E-state index contributed by atoms with van der Waals surface area (Å²) in [6, 6.07) is 4.77. The molecule has 0 saturated carbocycles. The third kappa shape index (κ3) is 4.52. The van der Waals surface area contributed by atoms with E-state index in [2.05, 4.69) is 37.4 Å². The zero-order valence-electron chi connectivity index (χ0n) is 15.6. The molecule has 3 rings (SSSR count). The van der Waals surface area contributed by atoms with Crippen molar-refractivity contribution < 1.29 is 4.39 Å². The van der Waals surface area contributed by atoms with Gasteiger partial charge in [-0.3, -0.25) is 0 Å². The van der Waals surface area contributed by atoms with Gasteiger partial charge < -0.3 is 20.2 Å². The molecule has 0 aliphatic heterocycles. The summed E-state index contributed by atoms with van der Waals surface area (Å²) in [5.74, 6) is 2.08. The van der Waals surface area contributed by atoms with Gasteiger partial charge in [0.05, 0.1) is 0 Å². The lowest BCUT2D eigenvalue weighted by Gasteiger charge is -2.11. The van der Waals surface area contributed by atoms with Crippen LogP contribution in [0.2, 0.25) is 0 Å². The second-order valence-electron chi connectivity index (χ2n) is 6.24. The Morgan fingerprint density at radius 2 is 2.22 bits per heavy atom. The topological polar surface area (TPSA) is 82.9 Å². The van der Waals surface area contributed by atoms with E-state index in [1.165, 1.54) is 6.07 Å². The van der Waals surface area contributed by atoms with Crippen LogP contribution in [0.15, 0.2) is 42.0 Å². The Morgan fingerprint density at radius 3 is 2.96 bits per heavy atom. The highest BCUT2D eigenvalue weighted by Crippen LogP contribution is 2.19. The molecular formula is C19H24FN7. The SMILES string of the molecule is C=CCNC(=NCc1nnc(C)n1C)NCCc1c[nH]c2ccc(F)cc12. The van der Waals surface area contributed by atoms with Gasteiger partial charge in [-0.05, 0) is 37.1 Å². The van der Waals surface area contributed by atoms with Crippen molar-refractivity contribution in [3.05, 3.63) is 60.1 Å². The molecule has 0 saturated heterocycles. The van der Waals surface area contributed by atoms with Crippen LogP contribution in [-0.2, 0) is 20.0 Å². The molecule has 2 aromatic heterocycles. The molecule has 0 fully saturated rings. The molecule has 0 aliphatic rings. The number of aryl methyl sites for hydroxylation is 1. The highest BCUT2D eigenvalue weighted by Gasteiger charge is 2.07. The van der Waals surface area contributed by atoms with Crippen LogP contribution in [0.25, 0.3) is 10.9 Å². The van der Waals surface area contributed by atoms with Gasteiger partial charge in [0.15, 0.2) is 11.8 Å². The second kappa shape index (κ2) is 8.48. The van der Waals surface area contributed by atoms with Crippen LogP contribution in [0.3, 0.4) is 0 Å². The van der Waals surface area contributed by atoms with Crippen LogP contribution >= 0.6 is 0 Å². The van der Waals surface area contributed by atoms with E-state index in [0.717, 1.165) is 34.5 Å². The van der Waals surface area contributed by atoms with Gasteiger partial charge in [-0.2, -0.15) is 0 Å². The molecule has 142 valence electrons. The van der Waals surface area contributed by atoms with Crippen molar-refractivity contribution in [3.63, 3.8) is 0 Å². The van der Waals surface area contributed by atoms with Gasteiger partial charge in [0.1, 0.15) is 18.2 Å². The summed E-state index contributed by atoms with van der Waals surface area (Å²) in [4.78, 5) is 7.73. The van der Waals surface area contributed by atoms with Crippen LogP contribution in [0, 0.1) is 12.7 Å². The van der Waals surface area contributed by atoms with Gasteiger partial charge >= 0.3 is 0 Å². The van der Waals surface area contributed by atoms with Gasteiger partial charge in [0.25, 0.3) is 0 Å². The Labute approximate surface area is 157 Å². The molecule has 3 N–H and O–H groups in total. The summed E-state index contributed by atoms with van der Waals surface area (Å²) < 4.78 is 15.4. The molecule has 0 atom stereocenters. The number of benzene rings is 1. The third-order valence-electron chi connectivity index (χ3n) is 4.39. The molecule has 7 nitrogen and oxygen atoms in total. The number of nitrogens with zero attached hydrogens (tertiary/aromatic N) is 4. The Balaban J connectivity index is 1.63. The molecule has 3 aromatic rings. The number of aliphatic imine (C=N–C) groups is 1. The van der Waals surface area contributed by atoms with E-state index in [9.17, 15) is 4.39 Å². The fourth-order valence-electron chi connectivity index (χ4n) is 2.75. The molecule has 0 amide bonds. The predicted molar refractivity (Wildman–Crippen MR) is 105 cm³/mol. The molecule has 8 heteroatoms. The maximum absolute atomic E-state index is 13.5. The lowest BCUT2D eigenvalue weighted by molar-refractivity contribution is 0.629. The number of hydrogen-bond acceptors (Lipinski definition) is 3. The Kier molecular flexibility index (Phi) is 5.85. The Bertz CT molecular complexity index is 954. The fraction of sp³-hybridized carbons (Fsp3) is 0.316. The second-order valence-corrected chi connectivity index (χ2v) is 6.24. The van der Waals surface area contributed by atoms with E-state index in [-0.39, 0.29) is 5.82 Å². The normalized spacial score (nSPS) is 11.7. The van der Waals surface area contributed by atoms with Crippen LogP contribution in [0.4, 0.5) is 4.39 Å².